The third-order valence-corrected chi connectivity index (χ3v) is 3.77. The summed E-state index contributed by atoms with van der Waals surface area (Å²) in [7, 11) is 5.34. The first-order valence-corrected chi connectivity index (χ1v) is 7.57. The number of hydrogen-bond donors (Lipinski definition) is 2. The van der Waals surface area contributed by atoms with E-state index in [4.69, 9.17) is 5.26 Å². The van der Waals surface area contributed by atoms with Gasteiger partial charge in [0.05, 0.1) is 16.9 Å². The van der Waals surface area contributed by atoms with Gasteiger partial charge in [-0.1, -0.05) is 11.1 Å². The quantitative estimate of drug-likeness (QED) is 0.335. The van der Waals surface area contributed by atoms with E-state index in [2.05, 4.69) is 29.8 Å². The lowest BCUT2D eigenvalue weighted by molar-refractivity contribution is -0.432. The van der Waals surface area contributed by atoms with Crippen molar-refractivity contribution in [2.75, 3.05) is 32.7 Å². The zero-order valence-corrected chi connectivity index (χ0v) is 14.2. The molecule has 2 aromatic carbocycles. The van der Waals surface area contributed by atoms with E-state index in [9.17, 15) is 5.11 Å². The number of anilines is 1. The lowest BCUT2D eigenvalue weighted by Crippen LogP contribution is -2.08. The van der Waals surface area contributed by atoms with E-state index in [0.29, 0.717) is 22.3 Å². The minimum Gasteiger partial charge on any atom is -0.505 e. The van der Waals surface area contributed by atoms with Crippen molar-refractivity contribution in [1.29, 1.82) is 0 Å². The van der Waals surface area contributed by atoms with Crippen LogP contribution in [0.2, 0.25) is 0 Å². The Labute approximate surface area is 142 Å². The van der Waals surface area contributed by atoms with Crippen LogP contribution in [0.15, 0.2) is 49.6 Å². The van der Waals surface area contributed by atoms with E-state index >= 15 is 0 Å². The van der Waals surface area contributed by atoms with E-state index in [1.165, 1.54) is 7.05 Å². The predicted molar refractivity (Wildman–Crippen MR) is 90.8 cm³/mol. The molecule has 0 fully saturated rings. The Morgan fingerprint density at radius 3 is 2.67 bits per heavy atom. The number of phenols is 1. The van der Waals surface area contributed by atoms with Crippen molar-refractivity contribution in [1.82, 2.24) is 0 Å². The topological polar surface area (TPSA) is 112 Å². The Hall–Kier alpha value is -2.27. The number of rotatable bonds is 7. The molecule has 0 saturated heterocycles. The maximum absolute atomic E-state index is 10.6. The fraction of sp³-hybridized carbons (Fsp3) is 0.286. The van der Waals surface area contributed by atoms with E-state index in [1.54, 1.807) is 6.07 Å². The molecule has 10 heteroatoms. The second-order valence-corrected chi connectivity index (χ2v) is 5.56. The first kappa shape index (κ1) is 18.1. The smallest absolute Gasteiger partial charge is 0.171 e. The maximum Gasteiger partial charge on any atom is 0.171 e. The van der Waals surface area contributed by atoms with Crippen molar-refractivity contribution in [3.05, 3.63) is 24.3 Å². The molecule has 0 saturated carbocycles. The number of azo groups is 2. The Morgan fingerprint density at radius 2 is 2.00 bits per heavy atom. The molecule has 2 N–H and O–H groups in total. The number of hydrogen-bond acceptors (Lipinski definition) is 10. The number of benzene rings is 2. The number of fused-ring (bicyclic) bond motifs is 1. The molecule has 9 nitrogen and oxygen atoms in total. The fourth-order valence-electron chi connectivity index (χ4n) is 2.01. The summed E-state index contributed by atoms with van der Waals surface area (Å²) in [5.41, 5.74) is 1.11. The van der Waals surface area contributed by atoms with Gasteiger partial charge in [-0.15, -0.1) is 9.45 Å². The van der Waals surface area contributed by atoms with Crippen LogP contribution in [0.25, 0.3) is 10.8 Å². The van der Waals surface area contributed by atoms with Gasteiger partial charge in [0, 0.05) is 32.2 Å². The molecule has 0 aliphatic carbocycles. The average molecular weight is 351 g/mol. The molecule has 0 heterocycles. The summed E-state index contributed by atoms with van der Waals surface area (Å²) in [5.74, 6) is -0.0579. The molecule has 2 rings (SSSR count). The van der Waals surface area contributed by atoms with Gasteiger partial charge in [0.1, 0.15) is 5.69 Å². The highest BCUT2D eigenvalue weighted by Crippen LogP contribution is 2.44. The van der Waals surface area contributed by atoms with Crippen LogP contribution in [0.5, 0.6) is 5.75 Å². The van der Waals surface area contributed by atoms with Crippen LogP contribution in [0.1, 0.15) is 0 Å². The van der Waals surface area contributed by atoms with Crippen LogP contribution in [-0.4, -0.2) is 38.2 Å². The fourth-order valence-corrected chi connectivity index (χ4v) is 2.51. The summed E-state index contributed by atoms with van der Waals surface area (Å²) in [6.45, 7) is 0.0349. The highest BCUT2D eigenvalue weighted by Gasteiger charge is 2.15. The molecule has 0 amide bonds. The Balaban J connectivity index is 2.55. The van der Waals surface area contributed by atoms with Gasteiger partial charge in [-0.3, -0.25) is 0 Å². The molecule has 0 unspecified atom stereocenters. The standard InChI is InChI=1S/C14H17N5O4S/c1-15-16-8-17-18-13-12(24-23-22-21)6-9-4-5-10(19(2)3)7-11(9)14(13)20/h4-7,20-21H,8H2,1-3H3. The molecule has 0 atom stereocenters. The van der Waals surface area contributed by atoms with Gasteiger partial charge in [-0.05, 0) is 23.6 Å². The molecular weight excluding hydrogens is 334 g/mol. The van der Waals surface area contributed by atoms with Gasteiger partial charge < -0.3 is 10.0 Å². The number of aromatic hydroxyl groups is 1. The molecule has 128 valence electrons. The van der Waals surface area contributed by atoms with E-state index in [0.717, 1.165) is 11.1 Å². The summed E-state index contributed by atoms with van der Waals surface area (Å²) in [6, 6.07) is 7.37. The van der Waals surface area contributed by atoms with Crippen LogP contribution in [0.3, 0.4) is 0 Å². The minimum atomic E-state index is -0.0579. The van der Waals surface area contributed by atoms with Crippen molar-refractivity contribution < 1.29 is 19.7 Å². The highest BCUT2D eigenvalue weighted by molar-refractivity contribution is 7.94. The van der Waals surface area contributed by atoms with Gasteiger partial charge in [0.2, 0.25) is 0 Å². The molecule has 0 bridgehead atoms. The molecule has 0 spiro atoms. The molecule has 0 aromatic heterocycles. The zero-order chi connectivity index (χ0) is 17.5. The summed E-state index contributed by atoms with van der Waals surface area (Å²) < 4.78 is 4.46. The van der Waals surface area contributed by atoms with Crippen LogP contribution < -0.4 is 4.90 Å². The average Bonchev–Trinajstić information content (AvgIpc) is 2.58. The molecule has 24 heavy (non-hydrogen) atoms. The summed E-state index contributed by atoms with van der Waals surface area (Å²) in [5, 5.41) is 39.0. The van der Waals surface area contributed by atoms with Crippen LogP contribution in [-0.2, 0) is 9.37 Å². The first-order chi connectivity index (χ1) is 11.6. The van der Waals surface area contributed by atoms with Crippen molar-refractivity contribution in [3.8, 4) is 5.75 Å². The monoisotopic (exact) mass is 351 g/mol. The van der Waals surface area contributed by atoms with Crippen molar-refractivity contribution in [2.45, 2.75) is 4.90 Å². The maximum atomic E-state index is 10.6. The molecule has 0 aliphatic heterocycles. The molecule has 2 aromatic rings. The lowest BCUT2D eigenvalue weighted by Gasteiger charge is -2.15. The number of nitrogens with zero attached hydrogens (tertiary/aromatic N) is 5. The van der Waals surface area contributed by atoms with E-state index in [-0.39, 0.29) is 18.1 Å². The van der Waals surface area contributed by atoms with Crippen molar-refractivity contribution >= 4 is 34.2 Å². The Morgan fingerprint density at radius 1 is 1.21 bits per heavy atom. The van der Waals surface area contributed by atoms with Crippen molar-refractivity contribution in [2.24, 2.45) is 20.5 Å². The lowest BCUT2D eigenvalue weighted by atomic mass is 10.1. The second-order valence-electron chi connectivity index (χ2n) is 4.82. The molecule has 0 aliphatic rings. The normalized spacial score (nSPS) is 11.8. The van der Waals surface area contributed by atoms with Gasteiger partial charge >= 0.3 is 0 Å². The summed E-state index contributed by atoms with van der Waals surface area (Å²) in [4.78, 5) is 2.34. The van der Waals surface area contributed by atoms with Gasteiger partial charge in [-0.2, -0.15) is 15.3 Å². The summed E-state index contributed by atoms with van der Waals surface area (Å²) in [6.07, 6.45) is 0. The first-order valence-electron chi connectivity index (χ1n) is 6.83. The largest absolute Gasteiger partial charge is 0.505 e. The van der Waals surface area contributed by atoms with Crippen molar-refractivity contribution in [3.63, 3.8) is 0 Å². The summed E-state index contributed by atoms with van der Waals surface area (Å²) >= 11 is 0.700. The zero-order valence-electron chi connectivity index (χ0n) is 13.4. The number of phenolic OH excluding ortho intramolecular Hbond substituents is 1. The Kier molecular flexibility index (Phi) is 6.44. The third-order valence-electron chi connectivity index (χ3n) is 3.15. The predicted octanol–water partition coefficient (Wildman–Crippen LogP) is 4.16. The van der Waals surface area contributed by atoms with E-state index < -0.39 is 0 Å². The second kappa shape index (κ2) is 8.55. The van der Waals surface area contributed by atoms with Gasteiger partial charge in [-0.25, -0.2) is 5.26 Å². The molecular formula is C14H17N5O4S. The highest BCUT2D eigenvalue weighted by atomic mass is 32.2. The van der Waals surface area contributed by atoms with E-state index in [1.807, 2.05) is 37.2 Å². The van der Waals surface area contributed by atoms with Crippen LogP contribution >= 0.6 is 12.0 Å². The molecule has 0 radical (unpaired) electrons. The van der Waals surface area contributed by atoms with Crippen LogP contribution in [0, 0.1) is 0 Å². The minimum absolute atomic E-state index is 0.0349. The SMILES string of the molecule is CN=NCN=Nc1c(SOOO)cc2ccc(N(C)C)cc2c1O. The third kappa shape index (κ3) is 4.17. The Bertz CT molecular complexity index is 766. The van der Waals surface area contributed by atoms with Gasteiger partial charge in [0.15, 0.2) is 12.4 Å². The van der Waals surface area contributed by atoms with Crippen LogP contribution in [0.4, 0.5) is 11.4 Å². The van der Waals surface area contributed by atoms with Gasteiger partial charge in [0.25, 0.3) is 0 Å².